The van der Waals surface area contributed by atoms with E-state index in [2.05, 4.69) is 9.84 Å². The zero-order chi connectivity index (χ0) is 16.4. The van der Waals surface area contributed by atoms with Crippen LogP contribution in [0.25, 0.3) is 0 Å². The second-order valence-corrected chi connectivity index (χ2v) is 4.81. The predicted molar refractivity (Wildman–Crippen MR) is 78.1 cm³/mol. The van der Waals surface area contributed by atoms with Gasteiger partial charge in [0.1, 0.15) is 11.6 Å². The number of amides is 1. The van der Waals surface area contributed by atoms with Crippen molar-refractivity contribution in [1.29, 1.82) is 0 Å². The molecule has 3 rings (SSSR count). The fraction of sp³-hybridized carbons (Fsp3) is 0.125. The number of carbonyl (C=O) groups excluding carboxylic acids is 1. The van der Waals surface area contributed by atoms with E-state index in [9.17, 15) is 18.0 Å². The molecule has 0 N–H and O–H groups in total. The molecule has 1 aliphatic heterocycles. The number of carbonyl (C=O) groups is 1. The van der Waals surface area contributed by atoms with Gasteiger partial charge in [-0.1, -0.05) is 12.1 Å². The Bertz CT molecular complexity index is 760. The van der Waals surface area contributed by atoms with E-state index >= 15 is 0 Å². The van der Waals surface area contributed by atoms with E-state index in [0.29, 0.717) is 17.0 Å². The third kappa shape index (κ3) is 3.33. The van der Waals surface area contributed by atoms with Crippen LogP contribution in [0.4, 0.5) is 18.9 Å². The summed E-state index contributed by atoms with van der Waals surface area (Å²) in [6.07, 6.45) is 0.0233. The van der Waals surface area contributed by atoms with Crippen LogP contribution in [0.15, 0.2) is 53.6 Å². The summed E-state index contributed by atoms with van der Waals surface area (Å²) >= 11 is 0. The van der Waals surface area contributed by atoms with Gasteiger partial charge in [0.15, 0.2) is 0 Å². The van der Waals surface area contributed by atoms with Gasteiger partial charge in [-0.15, -0.1) is 0 Å². The second-order valence-electron chi connectivity index (χ2n) is 4.81. The Morgan fingerprint density at radius 2 is 1.87 bits per heavy atom. The average molecular weight is 320 g/mol. The first-order valence-electron chi connectivity index (χ1n) is 6.74. The Hall–Kier alpha value is -2.83. The van der Waals surface area contributed by atoms with Crippen LogP contribution in [0, 0.1) is 5.82 Å². The molecule has 0 aromatic heterocycles. The van der Waals surface area contributed by atoms with E-state index < -0.39 is 12.4 Å². The largest absolute Gasteiger partial charge is 0.435 e. The van der Waals surface area contributed by atoms with Crippen LogP contribution < -0.4 is 9.75 Å². The van der Waals surface area contributed by atoms with Gasteiger partial charge in [0, 0.05) is 5.56 Å². The number of halogens is 3. The minimum atomic E-state index is -2.92. The van der Waals surface area contributed by atoms with Gasteiger partial charge >= 0.3 is 6.61 Å². The van der Waals surface area contributed by atoms with Gasteiger partial charge in [0.2, 0.25) is 0 Å². The second kappa shape index (κ2) is 6.12. The van der Waals surface area contributed by atoms with Crippen LogP contribution in [0.2, 0.25) is 0 Å². The van der Waals surface area contributed by atoms with Crippen molar-refractivity contribution >= 4 is 17.3 Å². The molecule has 1 heterocycles. The first kappa shape index (κ1) is 15.1. The van der Waals surface area contributed by atoms with Crippen LogP contribution in [0.3, 0.4) is 0 Å². The zero-order valence-electron chi connectivity index (χ0n) is 11.7. The molecule has 0 atom stereocenters. The van der Waals surface area contributed by atoms with Gasteiger partial charge in [-0.2, -0.15) is 13.9 Å². The summed E-state index contributed by atoms with van der Waals surface area (Å²) in [6, 6.07) is 11.3. The Morgan fingerprint density at radius 1 is 1.13 bits per heavy atom. The van der Waals surface area contributed by atoms with Gasteiger partial charge in [-0.25, -0.2) is 9.40 Å². The summed E-state index contributed by atoms with van der Waals surface area (Å²) < 4.78 is 41.8. The van der Waals surface area contributed by atoms with Gasteiger partial charge < -0.3 is 4.74 Å². The number of benzene rings is 2. The maximum Gasteiger partial charge on any atom is 0.387 e. The van der Waals surface area contributed by atoms with Crippen LogP contribution in [0.5, 0.6) is 5.75 Å². The smallest absolute Gasteiger partial charge is 0.387 e. The number of hydrogen-bond acceptors (Lipinski definition) is 3. The summed E-state index contributed by atoms with van der Waals surface area (Å²) in [5.41, 5.74) is 1.38. The zero-order valence-corrected chi connectivity index (χ0v) is 11.7. The summed E-state index contributed by atoms with van der Waals surface area (Å²) in [7, 11) is 0. The molecule has 1 aliphatic rings. The first-order valence-corrected chi connectivity index (χ1v) is 6.74. The van der Waals surface area contributed by atoms with E-state index in [0.717, 1.165) is 5.01 Å². The molecule has 4 nitrogen and oxygen atoms in total. The third-order valence-corrected chi connectivity index (χ3v) is 3.24. The molecule has 118 valence electrons. The maximum absolute atomic E-state index is 12.9. The lowest BCUT2D eigenvalue weighted by atomic mass is 10.1. The Morgan fingerprint density at radius 3 is 2.57 bits per heavy atom. The maximum atomic E-state index is 12.9. The number of nitrogens with zero attached hydrogens (tertiary/aromatic N) is 2. The third-order valence-electron chi connectivity index (χ3n) is 3.24. The minimum Gasteiger partial charge on any atom is -0.435 e. The topological polar surface area (TPSA) is 41.9 Å². The highest BCUT2D eigenvalue weighted by Gasteiger charge is 2.26. The Labute approximate surface area is 129 Å². The highest BCUT2D eigenvalue weighted by molar-refractivity contribution is 6.19. The molecule has 0 spiro atoms. The average Bonchev–Trinajstić information content (AvgIpc) is 2.90. The van der Waals surface area contributed by atoms with Crippen molar-refractivity contribution in [1.82, 2.24) is 0 Å². The first-order chi connectivity index (χ1) is 11.0. The highest BCUT2D eigenvalue weighted by Crippen LogP contribution is 2.25. The molecule has 2 aromatic carbocycles. The van der Waals surface area contributed by atoms with Gasteiger partial charge in [-0.3, -0.25) is 4.79 Å². The van der Waals surface area contributed by atoms with Crippen molar-refractivity contribution in [2.24, 2.45) is 5.10 Å². The van der Waals surface area contributed by atoms with E-state index in [1.165, 1.54) is 36.4 Å². The van der Waals surface area contributed by atoms with Crippen molar-refractivity contribution < 1.29 is 22.7 Å². The van der Waals surface area contributed by atoms with Crippen LogP contribution in [-0.4, -0.2) is 18.2 Å². The molecule has 7 heteroatoms. The molecule has 0 unspecified atom stereocenters. The minimum absolute atomic E-state index is 0.00659. The molecule has 0 bridgehead atoms. The van der Waals surface area contributed by atoms with Gasteiger partial charge in [0.25, 0.3) is 5.91 Å². The van der Waals surface area contributed by atoms with E-state index in [1.807, 2.05) is 0 Å². The van der Waals surface area contributed by atoms with Gasteiger partial charge in [0.05, 0.1) is 17.8 Å². The number of ether oxygens (including phenoxy) is 1. The van der Waals surface area contributed by atoms with Crippen LogP contribution in [0.1, 0.15) is 12.0 Å². The number of anilines is 1. The van der Waals surface area contributed by atoms with Crippen molar-refractivity contribution in [3.8, 4) is 5.75 Å². The quantitative estimate of drug-likeness (QED) is 0.864. The molecular weight excluding hydrogens is 309 g/mol. The van der Waals surface area contributed by atoms with Crippen molar-refractivity contribution in [2.45, 2.75) is 13.0 Å². The standard InChI is InChI=1S/C16H11F3N2O2/c17-11-4-6-12(7-5-11)21-15(22)9-14(20-21)10-2-1-3-13(8-10)23-16(18)19/h1-8,16H,9H2. The molecule has 0 aliphatic carbocycles. The molecule has 0 saturated heterocycles. The van der Waals surface area contributed by atoms with Crippen molar-refractivity contribution in [2.75, 3.05) is 5.01 Å². The number of hydrazone groups is 1. The summed E-state index contributed by atoms with van der Waals surface area (Å²) in [4.78, 5) is 12.1. The SMILES string of the molecule is O=C1CC(c2cccc(OC(F)F)c2)=NN1c1ccc(F)cc1. The van der Waals surface area contributed by atoms with E-state index in [4.69, 9.17) is 0 Å². The lowest BCUT2D eigenvalue weighted by molar-refractivity contribution is -0.116. The number of rotatable bonds is 4. The van der Waals surface area contributed by atoms with E-state index in [1.54, 1.807) is 12.1 Å². The number of alkyl halides is 2. The van der Waals surface area contributed by atoms with Crippen molar-refractivity contribution in [3.05, 3.63) is 59.9 Å². The van der Waals surface area contributed by atoms with E-state index in [-0.39, 0.29) is 18.1 Å². The molecule has 2 aromatic rings. The fourth-order valence-electron chi connectivity index (χ4n) is 2.23. The normalized spacial score (nSPS) is 14.3. The summed E-state index contributed by atoms with van der Waals surface area (Å²) in [6.45, 7) is -2.92. The lowest BCUT2D eigenvalue weighted by Gasteiger charge is -2.10. The number of hydrogen-bond donors (Lipinski definition) is 0. The molecule has 0 radical (unpaired) electrons. The van der Waals surface area contributed by atoms with Gasteiger partial charge in [-0.05, 0) is 36.4 Å². The molecular formula is C16H11F3N2O2. The summed E-state index contributed by atoms with van der Waals surface area (Å²) in [5.74, 6) is -0.707. The monoisotopic (exact) mass is 320 g/mol. The Kier molecular flexibility index (Phi) is 4.01. The predicted octanol–water partition coefficient (Wildman–Crippen LogP) is 3.57. The lowest BCUT2D eigenvalue weighted by Crippen LogP contribution is -2.19. The molecule has 0 fully saturated rings. The van der Waals surface area contributed by atoms with Crippen LogP contribution in [-0.2, 0) is 4.79 Å². The molecule has 23 heavy (non-hydrogen) atoms. The highest BCUT2D eigenvalue weighted by atomic mass is 19.3. The summed E-state index contributed by atoms with van der Waals surface area (Å²) in [5, 5.41) is 5.36. The Balaban J connectivity index is 1.87. The van der Waals surface area contributed by atoms with Crippen LogP contribution >= 0.6 is 0 Å². The molecule has 1 amide bonds. The fourth-order valence-corrected chi connectivity index (χ4v) is 2.23. The molecule has 0 saturated carbocycles. The van der Waals surface area contributed by atoms with Crippen molar-refractivity contribution in [3.63, 3.8) is 0 Å².